The van der Waals surface area contributed by atoms with Crippen LogP contribution in [0.5, 0.6) is 0 Å². The number of fused-ring (bicyclic) bond motifs is 1. The van der Waals surface area contributed by atoms with Gasteiger partial charge in [-0.05, 0) is 42.0 Å². The molecule has 2 aromatic carbocycles. The molecule has 0 spiro atoms. The number of halogens is 7. The fraction of sp³-hybridized carbons (Fsp3) is 0.143. The van der Waals surface area contributed by atoms with E-state index < -0.39 is 41.6 Å². The van der Waals surface area contributed by atoms with E-state index >= 15 is 0 Å². The van der Waals surface area contributed by atoms with Crippen molar-refractivity contribution in [3.63, 3.8) is 0 Å². The van der Waals surface area contributed by atoms with E-state index in [1.807, 2.05) is 0 Å². The van der Waals surface area contributed by atoms with Gasteiger partial charge in [-0.15, -0.1) is 0 Å². The molecule has 11 heteroatoms. The molecule has 0 saturated heterocycles. The number of carbonyl (C=O) groups is 1. The third-order valence-electron chi connectivity index (χ3n) is 4.53. The number of carboxylic acid groups (broad SMARTS) is 1. The molecule has 0 atom stereocenters. The minimum absolute atomic E-state index is 0.0361. The SMILES string of the molecule is N#C/C(=C\c1cn(Cc2cc(C(F)(F)F)cc(C(F)(F)F)c2)c2cc(Cl)ccc12)C(=O)O. The lowest BCUT2D eigenvalue weighted by molar-refractivity contribution is -0.143. The molecule has 0 fully saturated rings. The van der Waals surface area contributed by atoms with E-state index in [-0.39, 0.29) is 22.2 Å². The van der Waals surface area contributed by atoms with Crippen molar-refractivity contribution in [3.8, 4) is 6.07 Å². The van der Waals surface area contributed by atoms with Crippen LogP contribution in [0.2, 0.25) is 5.02 Å². The topological polar surface area (TPSA) is 66.0 Å². The molecule has 166 valence electrons. The van der Waals surface area contributed by atoms with Crippen molar-refractivity contribution in [1.29, 1.82) is 5.26 Å². The number of hydrogen-bond donors (Lipinski definition) is 1. The van der Waals surface area contributed by atoms with E-state index in [0.29, 0.717) is 23.0 Å². The number of rotatable bonds is 4. The zero-order valence-corrected chi connectivity index (χ0v) is 16.5. The first-order chi connectivity index (χ1) is 14.8. The molecule has 3 rings (SSSR count). The predicted molar refractivity (Wildman–Crippen MR) is 104 cm³/mol. The summed E-state index contributed by atoms with van der Waals surface area (Å²) in [5.74, 6) is -1.49. The van der Waals surface area contributed by atoms with Gasteiger partial charge in [-0.2, -0.15) is 31.6 Å². The first-order valence-electron chi connectivity index (χ1n) is 8.71. The summed E-state index contributed by atoms with van der Waals surface area (Å²) in [5, 5.41) is 18.7. The lowest BCUT2D eigenvalue weighted by atomic mass is 10.0. The third kappa shape index (κ3) is 4.89. The molecular formula is C21H11ClF6N2O2. The number of carboxylic acids is 1. The van der Waals surface area contributed by atoms with Gasteiger partial charge in [0.15, 0.2) is 0 Å². The summed E-state index contributed by atoms with van der Waals surface area (Å²) >= 11 is 5.98. The lowest BCUT2D eigenvalue weighted by Crippen LogP contribution is -2.12. The quantitative estimate of drug-likeness (QED) is 0.272. The molecule has 1 heterocycles. The molecule has 0 bridgehead atoms. The largest absolute Gasteiger partial charge is 0.477 e. The molecule has 0 aliphatic carbocycles. The van der Waals surface area contributed by atoms with Crippen molar-refractivity contribution in [2.24, 2.45) is 0 Å². The number of nitrogens with zero attached hydrogens (tertiary/aromatic N) is 2. The summed E-state index contributed by atoms with van der Waals surface area (Å²) in [6.45, 7) is -0.396. The number of hydrogen-bond acceptors (Lipinski definition) is 2. The second-order valence-electron chi connectivity index (χ2n) is 6.76. The molecule has 1 N–H and O–H groups in total. The first-order valence-corrected chi connectivity index (χ1v) is 9.09. The molecule has 0 radical (unpaired) electrons. The predicted octanol–water partition coefficient (Wildman–Crippen LogP) is 6.37. The van der Waals surface area contributed by atoms with Gasteiger partial charge >= 0.3 is 18.3 Å². The van der Waals surface area contributed by atoms with Crippen LogP contribution in [-0.4, -0.2) is 15.6 Å². The van der Waals surface area contributed by atoms with Gasteiger partial charge < -0.3 is 9.67 Å². The molecule has 4 nitrogen and oxygen atoms in total. The van der Waals surface area contributed by atoms with Crippen LogP contribution in [0.15, 0.2) is 48.2 Å². The monoisotopic (exact) mass is 472 g/mol. The maximum Gasteiger partial charge on any atom is 0.416 e. The Morgan fingerprint density at radius 3 is 2.16 bits per heavy atom. The van der Waals surface area contributed by atoms with Gasteiger partial charge in [0.25, 0.3) is 0 Å². The van der Waals surface area contributed by atoms with E-state index in [0.717, 1.165) is 6.08 Å². The van der Waals surface area contributed by atoms with Crippen LogP contribution in [0.1, 0.15) is 22.3 Å². The van der Waals surface area contributed by atoms with Gasteiger partial charge in [-0.3, -0.25) is 0 Å². The smallest absolute Gasteiger partial charge is 0.416 e. The second kappa shape index (κ2) is 8.24. The standard InChI is InChI=1S/C21H11ClF6N2O2/c22-16-1-2-17-13(5-12(8-29)19(31)32)10-30(18(17)7-16)9-11-3-14(20(23,24)25)6-15(4-11)21(26,27)28/h1-7,10H,9H2,(H,31,32)/b12-5+. The van der Waals surface area contributed by atoms with E-state index in [1.54, 1.807) is 0 Å². The molecule has 0 saturated carbocycles. The van der Waals surface area contributed by atoms with Gasteiger partial charge in [0.05, 0.1) is 16.6 Å². The molecular weight excluding hydrogens is 462 g/mol. The van der Waals surface area contributed by atoms with Crippen molar-refractivity contribution >= 4 is 34.5 Å². The molecule has 0 aliphatic rings. The van der Waals surface area contributed by atoms with Gasteiger partial charge in [-0.1, -0.05) is 17.7 Å². The lowest BCUT2D eigenvalue weighted by Gasteiger charge is -2.15. The Bertz CT molecular complexity index is 1250. The highest BCUT2D eigenvalue weighted by molar-refractivity contribution is 6.31. The van der Waals surface area contributed by atoms with Crippen LogP contribution in [0.4, 0.5) is 26.3 Å². The molecule has 3 aromatic rings. The zero-order valence-electron chi connectivity index (χ0n) is 15.7. The molecule has 0 amide bonds. The first kappa shape index (κ1) is 23.2. The molecule has 0 aliphatic heterocycles. The normalized spacial score (nSPS) is 12.8. The molecule has 32 heavy (non-hydrogen) atoms. The summed E-state index contributed by atoms with van der Waals surface area (Å²) in [6.07, 6.45) is -7.60. The van der Waals surface area contributed by atoms with Crippen LogP contribution in [-0.2, 0) is 23.7 Å². The third-order valence-corrected chi connectivity index (χ3v) is 4.76. The van der Waals surface area contributed by atoms with Crippen molar-refractivity contribution in [2.75, 3.05) is 0 Å². The maximum absolute atomic E-state index is 13.2. The Hall–Kier alpha value is -3.45. The minimum atomic E-state index is -4.99. The summed E-state index contributed by atoms with van der Waals surface area (Å²) < 4.78 is 80.3. The van der Waals surface area contributed by atoms with Crippen molar-refractivity contribution in [2.45, 2.75) is 18.9 Å². The van der Waals surface area contributed by atoms with Gasteiger partial charge in [0.1, 0.15) is 11.6 Å². The Morgan fingerprint density at radius 2 is 1.66 bits per heavy atom. The van der Waals surface area contributed by atoms with Gasteiger partial charge in [-0.25, -0.2) is 4.79 Å². The molecule has 0 unspecified atom stereocenters. The summed E-state index contributed by atoms with van der Waals surface area (Å²) in [7, 11) is 0. The van der Waals surface area contributed by atoms with Crippen LogP contribution >= 0.6 is 11.6 Å². The summed E-state index contributed by atoms with van der Waals surface area (Å²) in [5.41, 5.74) is -3.21. The average molecular weight is 473 g/mol. The highest BCUT2D eigenvalue weighted by Crippen LogP contribution is 2.37. The van der Waals surface area contributed by atoms with Crippen LogP contribution in [0.25, 0.3) is 17.0 Å². The Kier molecular flexibility index (Phi) is 5.98. The zero-order chi connectivity index (χ0) is 23.8. The van der Waals surface area contributed by atoms with Crippen molar-refractivity contribution in [1.82, 2.24) is 4.57 Å². The fourth-order valence-corrected chi connectivity index (χ4v) is 3.31. The Labute approximate surface area is 181 Å². The number of alkyl halides is 6. The van der Waals surface area contributed by atoms with Crippen LogP contribution in [0, 0.1) is 11.3 Å². The number of benzene rings is 2. The highest BCUT2D eigenvalue weighted by Gasteiger charge is 2.36. The minimum Gasteiger partial charge on any atom is -0.477 e. The number of nitriles is 1. The second-order valence-corrected chi connectivity index (χ2v) is 7.20. The number of aliphatic carboxylic acids is 1. The Morgan fingerprint density at radius 1 is 1.06 bits per heavy atom. The fourth-order valence-electron chi connectivity index (χ4n) is 3.14. The van der Waals surface area contributed by atoms with E-state index in [1.165, 1.54) is 35.0 Å². The van der Waals surface area contributed by atoms with Crippen LogP contribution in [0.3, 0.4) is 0 Å². The van der Waals surface area contributed by atoms with Crippen LogP contribution < -0.4 is 0 Å². The van der Waals surface area contributed by atoms with E-state index in [2.05, 4.69) is 0 Å². The Balaban J connectivity index is 2.19. The van der Waals surface area contributed by atoms with Crippen molar-refractivity contribution in [3.05, 3.63) is 75.4 Å². The average Bonchev–Trinajstić information content (AvgIpc) is 3.00. The molecule has 1 aromatic heterocycles. The number of aromatic nitrogens is 1. The highest BCUT2D eigenvalue weighted by atomic mass is 35.5. The van der Waals surface area contributed by atoms with E-state index in [4.69, 9.17) is 22.0 Å². The van der Waals surface area contributed by atoms with Gasteiger partial charge in [0, 0.05) is 28.7 Å². The summed E-state index contributed by atoms with van der Waals surface area (Å²) in [4.78, 5) is 11.2. The maximum atomic E-state index is 13.2. The van der Waals surface area contributed by atoms with Gasteiger partial charge in [0.2, 0.25) is 0 Å². The van der Waals surface area contributed by atoms with Crippen molar-refractivity contribution < 1.29 is 36.2 Å². The van der Waals surface area contributed by atoms with E-state index in [9.17, 15) is 31.1 Å². The summed E-state index contributed by atoms with van der Waals surface area (Å²) in [6, 6.07) is 7.18.